The average molecular weight is 422 g/mol. The summed E-state index contributed by atoms with van der Waals surface area (Å²) in [7, 11) is -3.59. The Bertz CT molecular complexity index is 962. The molecule has 160 valence electrons. The molecule has 0 saturated carbocycles. The van der Waals surface area contributed by atoms with Crippen LogP contribution in [-0.2, 0) is 16.6 Å². The van der Waals surface area contributed by atoms with Crippen molar-refractivity contribution in [1.29, 1.82) is 0 Å². The number of allylic oxidation sites excluding steroid dienone is 1. The van der Waals surface area contributed by atoms with E-state index in [0.717, 1.165) is 43.4 Å². The van der Waals surface area contributed by atoms with Crippen molar-refractivity contribution in [3.63, 3.8) is 0 Å². The van der Waals surface area contributed by atoms with Gasteiger partial charge in [-0.1, -0.05) is 26.8 Å². The zero-order valence-electron chi connectivity index (χ0n) is 17.5. The summed E-state index contributed by atoms with van der Waals surface area (Å²) in [6.07, 6.45) is 8.34. The van der Waals surface area contributed by atoms with Crippen molar-refractivity contribution in [3.05, 3.63) is 30.5 Å². The molecular weight excluding hydrogens is 390 g/mol. The van der Waals surface area contributed by atoms with E-state index < -0.39 is 10.2 Å². The number of nitrogens with one attached hydrogen (secondary N) is 1. The molecule has 1 N–H and O–H groups in total. The van der Waals surface area contributed by atoms with E-state index in [2.05, 4.69) is 35.3 Å². The van der Waals surface area contributed by atoms with Crippen molar-refractivity contribution in [2.24, 2.45) is 5.41 Å². The van der Waals surface area contributed by atoms with Crippen molar-refractivity contribution < 1.29 is 13.2 Å². The molecule has 0 spiro atoms. The summed E-state index contributed by atoms with van der Waals surface area (Å²) < 4.78 is 36.6. The van der Waals surface area contributed by atoms with Gasteiger partial charge in [0.1, 0.15) is 5.75 Å². The number of hydrogen-bond donors (Lipinski definition) is 1. The standard InChI is InChI=1S/C20H31N5O3S/c1-5-10-20(7-3,8-4)15-28-17-13-18-21-22-19(25(18)14-16(17)6-2)23-29(26,27)24-11-9-12-24/h5,13-14H,1,6-12,15H2,2-4H3,(H,22,23). The number of fused-ring (bicyclic) bond motifs is 1. The zero-order valence-corrected chi connectivity index (χ0v) is 18.3. The molecule has 0 unspecified atom stereocenters. The van der Waals surface area contributed by atoms with E-state index in [4.69, 9.17) is 4.74 Å². The lowest BCUT2D eigenvalue weighted by molar-refractivity contribution is 0.134. The van der Waals surface area contributed by atoms with E-state index in [-0.39, 0.29) is 11.4 Å². The first-order chi connectivity index (χ1) is 13.9. The average Bonchev–Trinajstić information content (AvgIpc) is 3.03. The van der Waals surface area contributed by atoms with Gasteiger partial charge in [0.2, 0.25) is 5.95 Å². The van der Waals surface area contributed by atoms with Crippen LogP contribution in [0.25, 0.3) is 5.65 Å². The highest BCUT2D eigenvalue weighted by Crippen LogP contribution is 2.33. The van der Waals surface area contributed by atoms with Crippen LogP contribution >= 0.6 is 0 Å². The molecule has 1 aliphatic rings. The molecule has 0 bridgehead atoms. The lowest BCUT2D eigenvalue weighted by Gasteiger charge is -2.30. The Hall–Kier alpha value is -2.13. The Morgan fingerprint density at radius 2 is 2.00 bits per heavy atom. The van der Waals surface area contributed by atoms with Crippen LogP contribution < -0.4 is 9.46 Å². The first kappa shape index (κ1) is 21.6. The maximum atomic E-state index is 12.4. The highest BCUT2D eigenvalue weighted by molar-refractivity contribution is 7.90. The topological polar surface area (TPSA) is 88.8 Å². The molecule has 1 aliphatic heterocycles. The summed E-state index contributed by atoms with van der Waals surface area (Å²) in [5, 5.41) is 8.17. The molecule has 0 radical (unpaired) electrons. The van der Waals surface area contributed by atoms with Crippen molar-refractivity contribution in [1.82, 2.24) is 18.9 Å². The number of hydrogen-bond acceptors (Lipinski definition) is 5. The Kier molecular flexibility index (Phi) is 6.48. The lowest BCUT2D eigenvalue weighted by Crippen LogP contribution is -2.45. The van der Waals surface area contributed by atoms with Gasteiger partial charge in [0.25, 0.3) is 0 Å². The summed E-state index contributed by atoms with van der Waals surface area (Å²) in [6.45, 7) is 11.9. The van der Waals surface area contributed by atoms with Gasteiger partial charge in [0.15, 0.2) is 5.65 Å². The minimum atomic E-state index is -3.59. The van der Waals surface area contributed by atoms with Crippen LogP contribution in [0.1, 0.15) is 52.0 Å². The molecule has 0 aliphatic carbocycles. The van der Waals surface area contributed by atoms with Gasteiger partial charge in [-0.15, -0.1) is 16.8 Å². The third kappa shape index (κ3) is 4.40. The van der Waals surface area contributed by atoms with Gasteiger partial charge in [-0.05, 0) is 32.1 Å². The third-order valence-electron chi connectivity index (χ3n) is 5.95. The number of rotatable bonds is 11. The van der Waals surface area contributed by atoms with E-state index in [1.807, 2.05) is 25.3 Å². The second-order valence-electron chi connectivity index (χ2n) is 7.62. The van der Waals surface area contributed by atoms with Crippen molar-refractivity contribution in [2.75, 3.05) is 24.4 Å². The van der Waals surface area contributed by atoms with Crippen LogP contribution in [0.2, 0.25) is 0 Å². The molecule has 0 atom stereocenters. The third-order valence-corrected chi connectivity index (χ3v) is 7.44. The van der Waals surface area contributed by atoms with E-state index in [0.29, 0.717) is 25.3 Å². The smallest absolute Gasteiger partial charge is 0.303 e. The summed E-state index contributed by atoms with van der Waals surface area (Å²) in [5.41, 5.74) is 1.58. The molecule has 0 aromatic carbocycles. The molecule has 29 heavy (non-hydrogen) atoms. The molecule has 3 rings (SSSR count). The van der Waals surface area contributed by atoms with Gasteiger partial charge in [-0.3, -0.25) is 4.40 Å². The minimum absolute atomic E-state index is 0.0601. The van der Waals surface area contributed by atoms with E-state index in [9.17, 15) is 8.42 Å². The van der Waals surface area contributed by atoms with E-state index in [1.54, 1.807) is 4.40 Å². The molecule has 8 nitrogen and oxygen atoms in total. The van der Waals surface area contributed by atoms with Crippen LogP contribution in [0, 0.1) is 5.41 Å². The van der Waals surface area contributed by atoms with Crippen LogP contribution in [-0.4, -0.2) is 47.0 Å². The van der Waals surface area contributed by atoms with Gasteiger partial charge in [-0.2, -0.15) is 12.7 Å². The summed E-state index contributed by atoms with van der Waals surface area (Å²) in [4.78, 5) is 0. The number of pyridine rings is 1. The lowest BCUT2D eigenvalue weighted by atomic mass is 9.80. The number of nitrogens with zero attached hydrogens (tertiary/aromatic N) is 4. The molecule has 1 saturated heterocycles. The van der Waals surface area contributed by atoms with Crippen molar-refractivity contribution >= 4 is 21.8 Å². The fourth-order valence-electron chi connectivity index (χ4n) is 3.47. The fraction of sp³-hybridized carbons (Fsp3) is 0.600. The summed E-state index contributed by atoms with van der Waals surface area (Å²) in [6, 6.07) is 1.83. The van der Waals surface area contributed by atoms with Gasteiger partial charge >= 0.3 is 10.2 Å². The second kappa shape index (κ2) is 8.71. The molecule has 9 heteroatoms. The normalized spacial score (nSPS) is 15.3. The maximum Gasteiger partial charge on any atom is 0.303 e. The highest BCUT2D eigenvalue weighted by Gasteiger charge is 2.29. The van der Waals surface area contributed by atoms with Crippen molar-refractivity contribution in [3.8, 4) is 5.75 Å². The number of aryl methyl sites for hydroxylation is 1. The van der Waals surface area contributed by atoms with Crippen LogP contribution in [0.4, 0.5) is 5.95 Å². The van der Waals surface area contributed by atoms with Crippen LogP contribution in [0.5, 0.6) is 5.75 Å². The molecule has 1 fully saturated rings. The van der Waals surface area contributed by atoms with Gasteiger partial charge in [-0.25, -0.2) is 4.72 Å². The Morgan fingerprint density at radius 1 is 1.28 bits per heavy atom. The molecular formula is C20H31N5O3S. The summed E-state index contributed by atoms with van der Waals surface area (Å²) >= 11 is 0. The van der Waals surface area contributed by atoms with Crippen LogP contribution in [0.15, 0.2) is 24.9 Å². The predicted octanol–water partition coefficient (Wildman–Crippen LogP) is 3.42. The molecule has 2 aromatic rings. The first-order valence-corrected chi connectivity index (χ1v) is 11.7. The van der Waals surface area contributed by atoms with Crippen LogP contribution in [0.3, 0.4) is 0 Å². The van der Waals surface area contributed by atoms with Gasteiger partial charge in [0.05, 0.1) is 6.61 Å². The largest absolute Gasteiger partial charge is 0.493 e. The zero-order chi connectivity index (χ0) is 21.1. The predicted molar refractivity (Wildman–Crippen MR) is 114 cm³/mol. The Balaban J connectivity index is 1.86. The minimum Gasteiger partial charge on any atom is -0.493 e. The van der Waals surface area contributed by atoms with Gasteiger partial charge in [0, 0.05) is 36.3 Å². The SMILES string of the molecule is C=CCC(CC)(CC)COc1cc2nnc(NS(=O)(=O)N3CCC3)n2cc1CC. The maximum absolute atomic E-state index is 12.4. The Labute approximate surface area is 173 Å². The number of anilines is 1. The second-order valence-corrected chi connectivity index (χ2v) is 9.29. The Morgan fingerprint density at radius 3 is 2.55 bits per heavy atom. The monoisotopic (exact) mass is 421 g/mol. The number of ether oxygens (including phenoxy) is 1. The molecule has 2 aromatic heterocycles. The number of aromatic nitrogens is 3. The molecule has 3 heterocycles. The first-order valence-electron chi connectivity index (χ1n) is 10.3. The van der Waals surface area contributed by atoms with Gasteiger partial charge < -0.3 is 4.74 Å². The quantitative estimate of drug-likeness (QED) is 0.562. The fourth-order valence-corrected chi connectivity index (χ4v) is 4.71. The highest BCUT2D eigenvalue weighted by atomic mass is 32.2. The summed E-state index contributed by atoms with van der Waals surface area (Å²) in [5.74, 6) is 0.955. The van der Waals surface area contributed by atoms with E-state index in [1.165, 1.54) is 4.31 Å². The van der Waals surface area contributed by atoms with Crippen molar-refractivity contribution in [2.45, 2.75) is 52.9 Å². The van der Waals surface area contributed by atoms with E-state index >= 15 is 0 Å². The molecule has 0 amide bonds.